The summed E-state index contributed by atoms with van der Waals surface area (Å²) in [6.07, 6.45) is 2.52. The van der Waals surface area contributed by atoms with Crippen LogP contribution in [0.4, 0.5) is 0 Å². The number of phenolic OH excluding ortho intramolecular Hbond substituents is 1. The maximum atomic E-state index is 10.6. The summed E-state index contributed by atoms with van der Waals surface area (Å²) >= 11 is 0. The Labute approximate surface area is 201 Å². The van der Waals surface area contributed by atoms with Gasteiger partial charge < -0.3 is 32.8 Å². The molecule has 0 atom stereocenters. The minimum Gasteiger partial charge on any atom is -0.507 e. The van der Waals surface area contributed by atoms with Crippen LogP contribution in [0.3, 0.4) is 0 Å². The Kier molecular flexibility index (Phi) is 8.95. The van der Waals surface area contributed by atoms with Gasteiger partial charge in [0.25, 0.3) is 0 Å². The molecule has 0 spiro atoms. The molecule has 0 fully saturated rings. The van der Waals surface area contributed by atoms with Crippen molar-refractivity contribution in [1.82, 2.24) is 10.2 Å². The van der Waals surface area contributed by atoms with Crippen molar-refractivity contribution in [3.05, 3.63) is 58.1 Å². The Bertz CT molecular complexity index is 1080. The van der Waals surface area contributed by atoms with Gasteiger partial charge >= 0.3 is 0 Å². The Hall–Kier alpha value is -3.04. The second-order valence-corrected chi connectivity index (χ2v) is 8.38. The third-order valence-electron chi connectivity index (χ3n) is 5.95. The number of ether oxygens (including phenoxy) is 1. The average Bonchev–Trinajstić information content (AvgIpc) is 2.82. The highest BCUT2D eigenvalue weighted by molar-refractivity contribution is 5.73. The third kappa shape index (κ3) is 5.53. The first-order valence-corrected chi connectivity index (χ1v) is 11.7. The fraction of sp³-hybridized carbons (Fsp3) is 0.385. The van der Waals surface area contributed by atoms with E-state index in [0.29, 0.717) is 51.9 Å². The van der Waals surface area contributed by atoms with Crippen LogP contribution in [0.2, 0.25) is 0 Å². The van der Waals surface area contributed by atoms with Crippen molar-refractivity contribution in [3.63, 3.8) is 0 Å². The summed E-state index contributed by atoms with van der Waals surface area (Å²) < 4.78 is 5.50. The standard InChI is InChI=1S/C26H36N6O2/c1-16-11-23(24-17(3-7-27)14-22(34-2)15-18(24)4-8-28)31-32-25(16)21-12-19(5-9-29)26(33)20(13-21)6-10-30/h11-15,33H,3-10,27-30H2,1-2H3. The van der Waals surface area contributed by atoms with Crippen molar-refractivity contribution in [2.75, 3.05) is 33.3 Å². The second-order valence-electron chi connectivity index (χ2n) is 8.38. The van der Waals surface area contributed by atoms with E-state index < -0.39 is 0 Å². The lowest BCUT2D eigenvalue weighted by molar-refractivity contribution is 0.414. The van der Waals surface area contributed by atoms with Gasteiger partial charge in [-0.25, -0.2) is 0 Å². The number of hydrogen-bond donors (Lipinski definition) is 5. The van der Waals surface area contributed by atoms with Crippen LogP contribution >= 0.6 is 0 Å². The van der Waals surface area contributed by atoms with Gasteiger partial charge in [0.15, 0.2) is 0 Å². The number of aryl methyl sites for hydroxylation is 1. The molecule has 0 saturated carbocycles. The molecule has 34 heavy (non-hydrogen) atoms. The highest BCUT2D eigenvalue weighted by atomic mass is 16.5. The molecule has 0 saturated heterocycles. The lowest BCUT2D eigenvalue weighted by atomic mass is 9.92. The van der Waals surface area contributed by atoms with E-state index in [1.807, 2.05) is 37.3 Å². The van der Waals surface area contributed by atoms with Gasteiger partial charge in [-0.15, -0.1) is 10.2 Å². The summed E-state index contributed by atoms with van der Waals surface area (Å²) in [5.74, 6) is 1.04. The van der Waals surface area contributed by atoms with Crippen LogP contribution in [-0.4, -0.2) is 48.6 Å². The third-order valence-corrected chi connectivity index (χ3v) is 5.95. The molecule has 3 rings (SSSR count). The summed E-state index contributed by atoms with van der Waals surface area (Å²) in [6, 6.07) is 9.93. The van der Waals surface area contributed by atoms with Gasteiger partial charge in [-0.05, 0) is 117 Å². The van der Waals surface area contributed by atoms with E-state index in [1.165, 1.54) is 0 Å². The van der Waals surface area contributed by atoms with Gasteiger partial charge in [0.2, 0.25) is 0 Å². The molecule has 0 bridgehead atoms. The minimum absolute atomic E-state index is 0.262. The number of aromatic nitrogens is 2. The largest absolute Gasteiger partial charge is 0.507 e. The minimum atomic E-state index is 0.262. The molecule has 0 aliphatic carbocycles. The quantitative estimate of drug-likeness (QED) is 0.287. The average molecular weight is 465 g/mol. The molecule has 0 aliphatic rings. The lowest BCUT2D eigenvalue weighted by Gasteiger charge is -2.17. The van der Waals surface area contributed by atoms with Gasteiger partial charge in [-0.2, -0.15) is 0 Å². The van der Waals surface area contributed by atoms with Crippen molar-refractivity contribution in [1.29, 1.82) is 0 Å². The normalized spacial score (nSPS) is 11.1. The summed E-state index contributed by atoms with van der Waals surface area (Å²) in [6.45, 7) is 3.91. The van der Waals surface area contributed by atoms with E-state index in [9.17, 15) is 5.11 Å². The first-order chi connectivity index (χ1) is 16.5. The Morgan fingerprint density at radius 1 is 0.735 bits per heavy atom. The lowest BCUT2D eigenvalue weighted by Crippen LogP contribution is -2.10. The van der Waals surface area contributed by atoms with E-state index in [0.717, 1.165) is 56.1 Å². The summed E-state index contributed by atoms with van der Waals surface area (Å²) in [5, 5.41) is 19.8. The van der Waals surface area contributed by atoms with Crippen molar-refractivity contribution in [2.24, 2.45) is 22.9 Å². The van der Waals surface area contributed by atoms with Gasteiger partial charge in [0.1, 0.15) is 11.5 Å². The number of nitrogens with zero attached hydrogens (tertiary/aromatic N) is 2. The van der Waals surface area contributed by atoms with Crippen molar-refractivity contribution in [2.45, 2.75) is 32.6 Å². The molecule has 8 nitrogen and oxygen atoms in total. The molecule has 1 aromatic heterocycles. The highest BCUT2D eigenvalue weighted by Gasteiger charge is 2.18. The van der Waals surface area contributed by atoms with Crippen LogP contribution in [0.1, 0.15) is 27.8 Å². The number of benzene rings is 2. The van der Waals surface area contributed by atoms with Crippen LogP contribution in [0, 0.1) is 6.92 Å². The van der Waals surface area contributed by atoms with Gasteiger partial charge in [0, 0.05) is 11.1 Å². The number of phenols is 1. The van der Waals surface area contributed by atoms with Crippen LogP contribution in [-0.2, 0) is 25.7 Å². The molecular weight excluding hydrogens is 428 g/mol. The Balaban J connectivity index is 2.14. The molecule has 8 heteroatoms. The zero-order chi connectivity index (χ0) is 24.7. The van der Waals surface area contributed by atoms with Gasteiger partial charge in [0.05, 0.1) is 18.5 Å². The smallest absolute Gasteiger partial charge is 0.122 e. The molecule has 0 unspecified atom stereocenters. The SMILES string of the molecule is COc1cc(CCN)c(-c2cc(C)c(-c3cc(CCN)c(O)c(CCN)c3)nn2)c(CCN)c1. The zero-order valence-electron chi connectivity index (χ0n) is 20.1. The molecule has 182 valence electrons. The Morgan fingerprint density at radius 3 is 1.68 bits per heavy atom. The molecular formula is C26H36N6O2. The van der Waals surface area contributed by atoms with Gasteiger partial charge in [-0.3, -0.25) is 0 Å². The number of methoxy groups -OCH3 is 1. The molecule has 2 aromatic carbocycles. The number of hydrogen-bond acceptors (Lipinski definition) is 8. The number of rotatable bonds is 11. The van der Waals surface area contributed by atoms with Crippen LogP contribution < -0.4 is 27.7 Å². The molecule has 1 heterocycles. The highest BCUT2D eigenvalue weighted by Crippen LogP contribution is 2.35. The fourth-order valence-electron chi connectivity index (χ4n) is 4.37. The predicted molar refractivity (Wildman–Crippen MR) is 137 cm³/mol. The molecule has 0 amide bonds. The maximum absolute atomic E-state index is 10.6. The molecule has 9 N–H and O–H groups in total. The monoisotopic (exact) mass is 464 g/mol. The zero-order valence-corrected chi connectivity index (χ0v) is 20.1. The van der Waals surface area contributed by atoms with E-state index in [4.69, 9.17) is 27.7 Å². The van der Waals surface area contributed by atoms with Crippen LogP contribution in [0.5, 0.6) is 11.5 Å². The predicted octanol–water partition coefficient (Wildman–Crippen LogP) is 1.84. The van der Waals surface area contributed by atoms with E-state index in [1.54, 1.807) is 7.11 Å². The first kappa shape index (κ1) is 25.6. The van der Waals surface area contributed by atoms with Crippen molar-refractivity contribution < 1.29 is 9.84 Å². The van der Waals surface area contributed by atoms with E-state index >= 15 is 0 Å². The summed E-state index contributed by atoms with van der Waals surface area (Å²) in [4.78, 5) is 0. The molecule has 3 aromatic rings. The Morgan fingerprint density at radius 2 is 1.24 bits per heavy atom. The van der Waals surface area contributed by atoms with Gasteiger partial charge in [-0.1, -0.05) is 0 Å². The molecule has 0 radical (unpaired) electrons. The van der Waals surface area contributed by atoms with Crippen molar-refractivity contribution >= 4 is 0 Å². The maximum Gasteiger partial charge on any atom is 0.122 e. The second kappa shape index (κ2) is 11.9. The summed E-state index contributed by atoms with van der Waals surface area (Å²) in [7, 11) is 1.65. The van der Waals surface area contributed by atoms with E-state index in [-0.39, 0.29) is 5.75 Å². The topological polar surface area (TPSA) is 159 Å². The fourth-order valence-corrected chi connectivity index (χ4v) is 4.37. The van der Waals surface area contributed by atoms with Crippen LogP contribution in [0.25, 0.3) is 22.5 Å². The summed E-state index contributed by atoms with van der Waals surface area (Å²) in [5.41, 5.74) is 31.4. The molecule has 0 aliphatic heterocycles. The van der Waals surface area contributed by atoms with Crippen molar-refractivity contribution in [3.8, 4) is 34.0 Å². The number of nitrogens with two attached hydrogens (primary N) is 4. The number of aromatic hydroxyl groups is 1. The van der Waals surface area contributed by atoms with Crippen LogP contribution in [0.15, 0.2) is 30.3 Å². The van der Waals surface area contributed by atoms with E-state index in [2.05, 4.69) is 10.2 Å². The first-order valence-electron chi connectivity index (χ1n) is 11.7.